The molecule has 2 unspecified atom stereocenters. The monoisotopic (exact) mass is 460 g/mol. The Kier molecular flexibility index (Phi) is 8.01. The Bertz CT molecular complexity index is 1010. The second-order valence-electron chi connectivity index (χ2n) is 7.95. The van der Waals surface area contributed by atoms with Gasteiger partial charge in [-0.3, -0.25) is 9.10 Å². The molecule has 2 aromatic rings. The number of anilines is 1. The van der Waals surface area contributed by atoms with E-state index in [9.17, 15) is 13.2 Å². The number of rotatable bonds is 10. The van der Waals surface area contributed by atoms with Gasteiger partial charge in [0.05, 0.1) is 24.2 Å². The van der Waals surface area contributed by atoms with Crippen molar-refractivity contribution >= 4 is 21.6 Å². The molecule has 1 N–H and O–H groups in total. The Balaban J connectivity index is 1.81. The van der Waals surface area contributed by atoms with Gasteiger partial charge in [0.1, 0.15) is 11.5 Å². The lowest BCUT2D eigenvalue weighted by molar-refractivity contribution is -0.127. The van der Waals surface area contributed by atoms with Crippen LogP contribution in [0.3, 0.4) is 0 Å². The number of para-hydroxylation sites is 2. The van der Waals surface area contributed by atoms with E-state index in [1.165, 1.54) is 23.5 Å². The summed E-state index contributed by atoms with van der Waals surface area (Å²) in [5, 5.41) is 2.97. The number of fused-ring (bicyclic) bond motifs is 1. The van der Waals surface area contributed by atoms with Gasteiger partial charge in [-0.2, -0.15) is 0 Å². The Morgan fingerprint density at radius 1 is 1.19 bits per heavy atom. The van der Waals surface area contributed by atoms with Gasteiger partial charge in [0, 0.05) is 6.54 Å². The molecule has 0 fully saturated rings. The summed E-state index contributed by atoms with van der Waals surface area (Å²) in [4.78, 5) is 13.0. The lowest BCUT2D eigenvalue weighted by Gasteiger charge is -2.35. The maximum Gasteiger partial charge on any atom is 0.264 e. The molecule has 1 amide bonds. The smallest absolute Gasteiger partial charge is 0.264 e. The molecule has 0 aromatic heterocycles. The first-order valence-corrected chi connectivity index (χ1v) is 12.5. The molecule has 32 heavy (non-hydrogen) atoms. The largest absolute Gasteiger partial charge is 0.497 e. The van der Waals surface area contributed by atoms with E-state index in [-0.39, 0.29) is 17.3 Å². The number of unbranched alkanes of at least 4 members (excludes halogenated alkanes) is 1. The van der Waals surface area contributed by atoms with Crippen molar-refractivity contribution in [1.29, 1.82) is 0 Å². The second kappa shape index (κ2) is 10.7. The molecule has 0 saturated carbocycles. The quantitative estimate of drug-likeness (QED) is 0.580. The van der Waals surface area contributed by atoms with E-state index < -0.39 is 16.1 Å². The Morgan fingerprint density at radius 3 is 2.56 bits per heavy atom. The summed E-state index contributed by atoms with van der Waals surface area (Å²) in [5.74, 6) is 1.03. The van der Waals surface area contributed by atoms with Crippen molar-refractivity contribution in [2.45, 2.75) is 50.5 Å². The Labute approximate surface area is 190 Å². The molecule has 2 atom stereocenters. The zero-order valence-corrected chi connectivity index (χ0v) is 19.7. The van der Waals surface area contributed by atoms with Crippen LogP contribution in [0.1, 0.15) is 39.5 Å². The van der Waals surface area contributed by atoms with Gasteiger partial charge in [-0.15, -0.1) is 0 Å². The molecule has 0 aliphatic carbocycles. The summed E-state index contributed by atoms with van der Waals surface area (Å²) < 4.78 is 39.2. The van der Waals surface area contributed by atoms with Crippen LogP contribution in [0.5, 0.6) is 11.5 Å². The molecule has 0 radical (unpaired) electrons. The molecule has 0 saturated heterocycles. The topological polar surface area (TPSA) is 84.9 Å². The van der Waals surface area contributed by atoms with Crippen LogP contribution in [0, 0.1) is 5.92 Å². The highest BCUT2D eigenvalue weighted by molar-refractivity contribution is 7.92. The number of nitrogens with zero attached hydrogens (tertiary/aromatic N) is 1. The fourth-order valence-electron chi connectivity index (χ4n) is 3.74. The number of hydrogen-bond acceptors (Lipinski definition) is 5. The molecule has 3 rings (SSSR count). The predicted molar refractivity (Wildman–Crippen MR) is 125 cm³/mol. The number of hydrogen-bond donors (Lipinski definition) is 1. The fourth-order valence-corrected chi connectivity index (χ4v) is 5.22. The van der Waals surface area contributed by atoms with E-state index in [2.05, 4.69) is 19.2 Å². The van der Waals surface area contributed by atoms with Crippen LogP contribution in [0.25, 0.3) is 0 Å². The fraction of sp³-hybridized carbons (Fsp3) is 0.458. The Morgan fingerprint density at radius 2 is 1.91 bits per heavy atom. The van der Waals surface area contributed by atoms with E-state index >= 15 is 0 Å². The molecular weight excluding hydrogens is 428 g/mol. The summed E-state index contributed by atoms with van der Waals surface area (Å²) in [6.07, 6.45) is 3.34. The predicted octanol–water partition coefficient (Wildman–Crippen LogP) is 3.98. The first-order valence-electron chi connectivity index (χ1n) is 11.1. The van der Waals surface area contributed by atoms with E-state index in [1.54, 1.807) is 36.4 Å². The van der Waals surface area contributed by atoms with Crippen LogP contribution in [0.15, 0.2) is 53.4 Å². The number of sulfonamides is 1. The van der Waals surface area contributed by atoms with E-state index in [0.717, 1.165) is 25.7 Å². The number of nitrogens with one attached hydrogen (secondary N) is 1. The molecule has 1 aliphatic heterocycles. The van der Waals surface area contributed by atoms with E-state index in [1.807, 2.05) is 0 Å². The standard InChI is InChI=1S/C24H32N2O5S/c1-4-6-9-18(5-2)16-25-24(27)23-17-26(21-10-7-8-11-22(21)31-23)32(28,29)20-14-12-19(30-3)13-15-20/h7-8,10-15,18,23H,4-6,9,16-17H2,1-3H3,(H,25,27). The molecule has 174 valence electrons. The van der Waals surface area contributed by atoms with Crippen molar-refractivity contribution in [2.24, 2.45) is 5.92 Å². The van der Waals surface area contributed by atoms with Crippen molar-refractivity contribution in [2.75, 3.05) is 24.5 Å². The van der Waals surface area contributed by atoms with Gasteiger partial charge in [0.15, 0.2) is 6.10 Å². The van der Waals surface area contributed by atoms with Crippen molar-refractivity contribution < 1.29 is 22.7 Å². The molecule has 2 aromatic carbocycles. The molecule has 0 bridgehead atoms. The number of methoxy groups -OCH3 is 1. The number of amides is 1. The Hall–Kier alpha value is -2.74. The van der Waals surface area contributed by atoms with Gasteiger partial charge >= 0.3 is 0 Å². The summed E-state index contributed by atoms with van der Waals surface area (Å²) >= 11 is 0. The third-order valence-corrected chi connectivity index (χ3v) is 7.58. The van der Waals surface area contributed by atoms with Gasteiger partial charge in [-0.25, -0.2) is 8.42 Å². The highest BCUT2D eigenvalue weighted by Gasteiger charge is 2.37. The molecule has 1 aliphatic rings. The minimum absolute atomic E-state index is 0.0943. The average molecular weight is 461 g/mol. The molecular formula is C24H32N2O5S. The minimum atomic E-state index is -3.90. The highest BCUT2D eigenvalue weighted by atomic mass is 32.2. The van der Waals surface area contributed by atoms with Crippen molar-refractivity contribution in [3.63, 3.8) is 0 Å². The summed E-state index contributed by atoms with van der Waals surface area (Å²) in [5.41, 5.74) is 0.418. The lowest BCUT2D eigenvalue weighted by atomic mass is 9.99. The number of ether oxygens (including phenoxy) is 2. The SMILES string of the molecule is CCCCC(CC)CNC(=O)C1CN(S(=O)(=O)c2ccc(OC)cc2)c2ccccc2O1. The van der Waals surface area contributed by atoms with Crippen molar-refractivity contribution in [3.8, 4) is 11.5 Å². The van der Waals surface area contributed by atoms with Crippen molar-refractivity contribution in [3.05, 3.63) is 48.5 Å². The first kappa shape index (κ1) is 23.9. The number of carbonyl (C=O) groups excluding carboxylic acids is 1. The van der Waals surface area contributed by atoms with Crippen LogP contribution in [0.4, 0.5) is 5.69 Å². The van der Waals surface area contributed by atoms with Crippen molar-refractivity contribution in [1.82, 2.24) is 5.32 Å². The van der Waals surface area contributed by atoms with E-state index in [0.29, 0.717) is 29.6 Å². The average Bonchev–Trinajstić information content (AvgIpc) is 2.83. The summed E-state index contributed by atoms with van der Waals surface area (Å²) in [7, 11) is -2.37. The van der Waals surface area contributed by atoms with Crippen LogP contribution in [-0.2, 0) is 14.8 Å². The molecule has 8 heteroatoms. The first-order chi connectivity index (χ1) is 15.4. The zero-order chi connectivity index (χ0) is 23.1. The zero-order valence-electron chi connectivity index (χ0n) is 18.9. The lowest BCUT2D eigenvalue weighted by Crippen LogP contribution is -2.51. The third-order valence-electron chi connectivity index (χ3n) is 5.78. The normalized spacial score (nSPS) is 16.6. The van der Waals surface area contributed by atoms with Crippen LogP contribution in [0.2, 0.25) is 0 Å². The van der Waals surface area contributed by atoms with Crippen LogP contribution < -0.4 is 19.1 Å². The minimum Gasteiger partial charge on any atom is -0.497 e. The van der Waals surface area contributed by atoms with Gasteiger partial charge in [0.25, 0.3) is 15.9 Å². The van der Waals surface area contributed by atoms with Gasteiger partial charge < -0.3 is 14.8 Å². The second-order valence-corrected chi connectivity index (χ2v) is 9.81. The summed E-state index contributed by atoms with van der Waals surface area (Å²) in [6, 6.07) is 13.1. The third kappa shape index (κ3) is 5.35. The maximum absolute atomic E-state index is 13.4. The van der Waals surface area contributed by atoms with E-state index in [4.69, 9.17) is 9.47 Å². The van der Waals surface area contributed by atoms with Gasteiger partial charge in [-0.1, -0.05) is 45.2 Å². The van der Waals surface area contributed by atoms with Crippen LogP contribution >= 0.6 is 0 Å². The van der Waals surface area contributed by atoms with Crippen LogP contribution in [-0.4, -0.2) is 40.6 Å². The van der Waals surface area contributed by atoms with Gasteiger partial charge in [0.2, 0.25) is 0 Å². The van der Waals surface area contributed by atoms with Gasteiger partial charge in [-0.05, 0) is 48.7 Å². The maximum atomic E-state index is 13.4. The number of benzene rings is 2. The number of carbonyl (C=O) groups is 1. The molecule has 1 heterocycles. The summed E-state index contributed by atoms with van der Waals surface area (Å²) in [6.45, 7) is 4.73. The highest BCUT2D eigenvalue weighted by Crippen LogP contribution is 2.37. The molecule has 0 spiro atoms. The molecule has 7 nitrogen and oxygen atoms in total.